The fourth-order valence-corrected chi connectivity index (χ4v) is 5.89. The Morgan fingerprint density at radius 2 is 1.84 bits per heavy atom. The van der Waals surface area contributed by atoms with Crippen molar-refractivity contribution in [3.8, 4) is 0 Å². The summed E-state index contributed by atoms with van der Waals surface area (Å²) in [6.45, 7) is 8.59. The van der Waals surface area contributed by atoms with E-state index in [9.17, 15) is 9.59 Å². The van der Waals surface area contributed by atoms with Crippen molar-refractivity contribution in [3.05, 3.63) is 63.8 Å². The Bertz CT molecular complexity index is 1370. The molecule has 0 aromatic heterocycles. The van der Waals surface area contributed by atoms with E-state index in [2.05, 4.69) is 41.9 Å². The predicted molar refractivity (Wildman–Crippen MR) is 149 cm³/mol. The molecule has 3 aliphatic heterocycles. The Kier molecular flexibility index (Phi) is 6.19. The molecule has 1 saturated heterocycles. The van der Waals surface area contributed by atoms with Gasteiger partial charge in [0.25, 0.3) is 5.91 Å². The van der Waals surface area contributed by atoms with Gasteiger partial charge in [0.15, 0.2) is 0 Å². The first-order valence-electron chi connectivity index (χ1n) is 12.8. The maximum Gasteiger partial charge on any atom is 0.407 e. The molecule has 2 fully saturated rings. The number of para-hydroxylation sites is 1. The summed E-state index contributed by atoms with van der Waals surface area (Å²) in [4.78, 5) is 33.2. The van der Waals surface area contributed by atoms with Gasteiger partial charge in [-0.25, -0.2) is 4.79 Å². The summed E-state index contributed by atoms with van der Waals surface area (Å²) >= 11 is 3.51. The van der Waals surface area contributed by atoms with E-state index >= 15 is 0 Å². The summed E-state index contributed by atoms with van der Waals surface area (Å²) in [5.41, 5.74) is 4.67. The third-order valence-corrected chi connectivity index (χ3v) is 7.76. The lowest BCUT2D eigenvalue weighted by molar-refractivity contribution is -0.110. The molecule has 9 nitrogen and oxygen atoms in total. The number of hydrogen-bond donors (Lipinski definition) is 3. The summed E-state index contributed by atoms with van der Waals surface area (Å²) in [5, 5.41) is 13.8. The van der Waals surface area contributed by atoms with Gasteiger partial charge in [0.1, 0.15) is 17.9 Å². The lowest BCUT2D eigenvalue weighted by Gasteiger charge is -2.22. The maximum absolute atomic E-state index is 13.0. The molecule has 2 amide bonds. The van der Waals surface area contributed by atoms with Crippen molar-refractivity contribution in [2.24, 2.45) is 17.0 Å². The van der Waals surface area contributed by atoms with Gasteiger partial charge in [0, 0.05) is 52.7 Å². The Morgan fingerprint density at radius 3 is 2.61 bits per heavy atom. The number of nitrogens with zero attached hydrogens (tertiary/aromatic N) is 2. The molecule has 6 rings (SSSR count). The molecule has 38 heavy (non-hydrogen) atoms. The van der Waals surface area contributed by atoms with E-state index < -0.39 is 5.60 Å². The minimum absolute atomic E-state index is 0.174. The molecular weight excluding hydrogens is 550 g/mol. The molecule has 0 bridgehead atoms. The minimum Gasteiger partial charge on any atom is -0.444 e. The Hall–Kier alpha value is -3.37. The number of anilines is 2. The minimum atomic E-state index is -0.494. The van der Waals surface area contributed by atoms with Gasteiger partial charge in [-0.1, -0.05) is 39.3 Å². The quantitative estimate of drug-likeness (QED) is 0.275. The molecule has 0 spiro atoms. The van der Waals surface area contributed by atoms with E-state index in [0.717, 1.165) is 46.6 Å². The van der Waals surface area contributed by atoms with Crippen LogP contribution in [0, 0.1) is 11.8 Å². The standard InChI is InChI=1S/C28H30BrN5O4/c1-28(2,3)38-27(36)32-23-18-13-34(14-19(18)23)10-11-37-33-24-16-6-4-5-7-20(16)30-25(24)22-17-12-15(29)8-9-21(17)31-26(22)35/h4-9,12,18-19,23,30H,10-11,13-14H2,1-3H3,(H,31,35)(H,32,36)/b25-22-,33-24+/t18-,19+,23?. The van der Waals surface area contributed by atoms with Crippen LogP contribution < -0.4 is 16.0 Å². The van der Waals surface area contributed by atoms with Crippen LogP contribution in [0.5, 0.6) is 0 Å². The number of carbonyl (C=O) groups excluding carboxylic acids is 2. The van der Waals surface area contributed by atoms with E-state index in [1.165, 1.54) is 0 Å². The number of amides is 2. The van der Waals surface area contributed by atoms with Crippen LogP contribution >= 0.6 is 15.9 Å². The van der Waals surface area contributed by atoms with Crippen LogP contribution in [-0.2, 0) is 14.4 Å². The second kappa shape index (κ2) is 9.43. The highest BCUT2D eigenvalue weighted by Gasteiger charge is 2.56. The SMILES string of the molecule is CC(C)(C)OC(=O)NC1[C@H]2CN(CCO/N=C3/C(=C4/C(=O)Nc5ccc(Br)cc54)Nc4ccccc43)C[C@@H]12. The van der Waals surface area contributed by atoms with E-state index in [1.807, 2.05) is 63.2 Å². The van der Waals surface area contributed by atoms with Crippen molar-refractivity contribution in [2.45, 2.75) is 32.4 Å². The summed E-state index contributed by atoms with van der Waals surface area (Å²) in [6.07, 6.45) is -0.344. The highest BCUT2D eigenvalue weighted by molar-refractivity contribution is 9.10. The highest BCUT2D eigenvalue weighted by atomic mass is 79.9. The van der Waals surface area contributed by atoms with Crippen molar-refractivity contribution in [2.75, 3.05) is 36.9 Å². The van der Waals surface area contributed by atoms with Gasteiger partial charge in [-0.2, -0.15) is 0 Å². The number of piperidine rings is 1. The zero-order valence-electron chi connectivity index (χ0n) is 21.5. The topological polar surface area (TPSA) is 104 Å². The molecule has 1 saturated carbocycles. The van der Waals surface area contributed by atoms with Gasteiger partial charge in [-0.3, -0.25) is 9.69 Å². The number of hydrogen-bond acceptors (Lipinski definition) is 7. The van der Waals surface area contributed by atoms with Gasteiger partial charge in [-0.15, -0.1) is 0 Å². The number of carbonyl (C=O) groups is 2. The first-order chi connectivity index (χ1) is 18.2. The lowest BCUT2D eigenvalue weighted by atomic mass is 10.0. The molecule has 0 radical (unpaired) electrons. The van der Waals surface area contributed by atoms with Crippen LogP contribution in [0.1, 0.15) is 31.9 Å². The molecule has 198 valence electrons. The van der Waals surface area contributed by atoms with Crippen molar-refractivity contribution in [1.29, 1.82) is 0 Å². The summed E-state index contributed by atoms with van der Waals surface area (Å²) in [7, 11) is 0. The highest BCUT2D eigenvalue weighted by Crippen LogP contribution is 2.45. The normalized spacial score (nSPS) is 26.4. The first-order valence-corrected chi connectivity index (χ1v) is 13.6. The van der Waals surface area contributed by atoms with Gasteiger partial charge < -0.3 is 25.5 Å². The van der Waals surface area contributed by atoms with E-state index in [1.54, 1.807) is 0 Å². The molecule has 4 aliphatic rings. The number of rotatable bonds is 5. The number of fused-ring (bicyclic) bond motifs is 3. The number of allylic oxidation sites excluding steroid dienone is 1. The van der Waals surface area contributed by atoms with Crippen molar-refractivity contribution < 1.29 is 19.2 Å². The molecule has 1 aliphatic carbocycles. The number of ether oxygens (including phenoxy) is 1. The Morgan fingerprint density at radius 1 is 1.11 bits per heavy atom. The average molecular weight is 580 g/mol. The number of nitrogens with one attached hydrogen (secondary N) is 3. The molecule has 3 heterocycles. The zero-order chi connectivity index (χ0) is 26.6. The largest absolute Gasteiger partial charge is 0.444 e. The summed E-state index contributed by atoms with van der Waals surface area (Å²) < 4.78 is 6.27. The van der Waals surface area contributed by atoms with Crippen molar-refractivity contribution in [3.63, 3.8) is 0 Å². The van der Waals surface area contributed by atoms with Crippen LogP contribution in [0.4, 0.5) is 16.2 Å². The van der Waals surface area contributed by atoms with E-state index in [4.69, 9.17) is 9.57 Å². The third kappa shape index (κ3) is 4.78. The first kappa shape index (κ1) is 24.9. The van der Waals surface area contributed by atoms with E-state index in [-0.39, 0.29) is 18.0 Å². The Labute approximate surface area is 229 Å². The summed E-state index contributed by atoms with van der Waals surface area (Å²) in [5.74, 6) is 0.736. The Balaban J connectivity index is 1.10. The predicted octanol–water partition coefficient (Wildman–Crippen LogP) is 4.41. The van der Waals surface area contributed by atoms with Gasteiger partial charge >= 0.3 is 6.09 Å². The van der Waals surface area contributed by atoms with Crippen molar-refractivity contribution >= 4 is 50.6 Å². The van der Waals surface area contributed by atoms with Crippen LogP contribution in [0.3, 0.4) is 0 Å². The number of likely N-dealkylation sites (tertiary alicyclic amines) is 1. The monoisotopic (exact) mass is 579 g/mol. The molecule has 3 atom stereocenters. The zero-order valence-corrected chi connectivity index (χ0v) is 23.1. The summed E-state index contributed by atoms with van der Waals surface area (Å²) in [6, 6.07) is 13.7. The number of halogens is 1. The van der Waals surface area contributed by atoms with Gasteiger partial charge in [0.05, 0.1) is 11.3 Å². The molecule has 3 N–H and O–H groups in total. The number of oxime groups is 1. The molecule has 1 unspecified atom stereocenters. The molecule has 2 aromatic rings. The fourth-order valence-electron chi connectivity index (χ4n) is 5.52. The maximum atomic E-state index is 13.0. The number of alkyl carbamates (subject to hydrolysis) is 1. The molecular formula is C28H30BrN5O4. The second-order valence-corrected chi connectivity index (χ2v) is 12.0. The van der Waals surface area contributed by atoms with E-state index in [0.29, 0.717) is 35.4 Å². The van der Waals surface area contributed by atoms with Crippen LogP contribution in [-0.4, -0.2) is 60.5 Å². The second-order valence-electron chi connectivity index (χ2n) is 11.1. The molecule has 2 aromatic carbocycles. The van der Waals surface area contributed by atoms with Crippen LogP contribution in [0.15, 0.2) is 57.8 Å². The van der Waals surface area contributed by atoms with Crippen LogP contribution in [0.2, 0.25) is 0 Å². The van der Waals surface area contributed by atoms with Gasteiger partial charge in [0.2, 0.25) is 0 Å². The average Bonchev–Trinajstić information content (AvgIpc) is 3.19. The smallest absolute Gasteiger partial charge is 0.407 e. The van der Waals surface area contributed by atoms with Gasteiger partial charge in [-0.05, 0) is 56.9 Å². The third-order valence-electron chi connectivity index (χ3n) is 7.26. The fraction of sp³-hybridized carbons (Fsp3) is 0.393. The molecule has 10 heteroatoms. The van der Waals surface area contributed by atoms with Crippen molar-refractivity contribution in [1.82, 2.24) is 10.2 Å². The lowest BCUT2D eigenvalue weighted by Crippen LogP contribution is -2.38. The van der Waals surface area contributed by atoms with Crippen LogP contribution in [0.25, 0.3) is 5.57 Å². The number of benzene rings is 2.